The average molecular weight is 196 g/mol. The zero-order chi connectivity index (χ0) is 9.90. The van der Waals surface area contributed by atoms with Crippen molar-refractivity contribution in [2.24, 2.45) is 5.41 Å². The van der Waals surface area contributed by atoms with Crippen LogP contribution in [0.3, 0.4) is 0 Å². The van der Waals surface area contributed by atoms with Crippen molar-refractivity contribution in [3.63, 3.8) is 0 Å². The Bertz CT molecular complexity index is 369. The highest BCUT2D eigenvalue weighted by Crippen LogP contribution is 2.18. The molecule has 0 radical (unpaired) electrons. The van der Waals surface area contributed by atoms with Gasteiger partial charge in [-0.25, -0.2) is 0 Å². The van der Waals surface area contributed by atoms with Gasteiger partial charge in [-0.1, -0.05) is 11.3 Å². The predicted octanol–water partition coefficient (Wildman–Crippen LogP) is 1.85. The van der Waals surface area contributed by atoms with Crippen molar-refractivity contribution in [1.82, 2.24) is 4.57 Å². The van der Waals surface area contributed by atoms with Gasteiger partial charge < -0.3 is 4.57 Å². The van der Waals surface area contributed by atoms with Crippen LogP contribution in [0.5, 0.6) is 0 Å². The van der Waals surface area contributed by atoms with Crippen LogP contribution >= 0.6 is 11.3 Å². The quantitative estimate of drug-likeness (QED) is 0.740. The first kappa shape index (κ1) is 10.0. The van der Waals surface area contributed by atoms with Gasteiger partial charge in [0.1, 0.15) is 0 Å². The van der Waals surface area contributed by atoms with Gasteiger partial charge in [-0.2, -0.15) is 5.26 Å². The third-order valence-corrected chi connectivity index (χ3v) is 2.62. The van der Waals surface area contributed by atoms with Gasteiger partial charge in [0.25, 0.3) is 0 Å². The molecule has 0 saturated carbocycles. The summed E-state index contributed by atoms with van der Waals surface area (Å²) in [5, 5.41) is 10.5. The molecule has 1 rings (SSSR count). The highest BCUT2D eigenvalue weighted by molar-refractivity contribution is 7.07. The number of nitrogens with zero attached hydrogens (tertiary/aromatic N) is 2. The SMILES string of the molecule is CC(C)(C#N)CCn1ccsc1=O. The van der Waals surface area contributed by atoms with E-state index in [4.69, 9.17) is 5.26 Å². The van der Waals surface area contributed by atoms with E-state index in [1.165, 1.54) is 11.3 Å². The molecule has 0 N–H and O–H groups in total. The Balaban J connectivity index is 2.59. The van der Waals surface area contributed by atoms with Gasteiger partial charge in [0.15, 0.2) is 0 Å². The first-order valence-corrected chi connectivity index (χ1v) is 4.98. The molecule has 0 atom stereocenters. The first-order valence-electron chi connectivity index (χ1n) is 4.10. The van der Waals surface area contributed by atoms with Crippen molar-refractivity contribution in [1.29, 1.82) is 5.26 Å². The maximum atomic E-state index is 11.1. The van der Waals surface area contributed by atoms with Crippen molar-refractivity contribution in [3.8, 4) is 6.07 Å². The van der Waals surface area contributed by atoms with Crippen molar-refractivity contribution < 1.29 is 0 Å². The van der Waals surface area contributed by atoms with E-state index in [0.29, 0.717) is 13.0 Å². The third-order valence-electron chi connectivity index (χ3n) is 1.92. The lowest BCUT2D eigenvalue weighted by Gasteiger charge is -2.14. The Kier molecular flexibility index (Phi) is 2.89. The summed E-state index contributed by atoms with van der Waals surface area (Å²) in [6.45, 7) is 4.39. The van der Waals surface area contributed by atoms with Crippen LogP contribution in [0, 0.1) is 16.7 Å². The standard InChI is InChI=1S/C9H12N2OS/c1-9(2,7-10)3-4-11-5-6-13-8(11)12/h5-6H,3-4H2,1-2H3. The van der Waals surface area contributed by atoms with Gasteiger partial charge in [-0.05, 0) is 20.3 Å². The Morgan fingerprint density at radius 1 is 1.69 bits per heavy atom. The van der Waals surface area contributed by atoms with Crippen molar-refractivity contribution in [2.45, 2.75) is 26.8 Å². The van der Waals surface area contributed by atoms with Gasteiger partial charge in [-0.15, -0.1) is 0 Å². The van der Waals surface area contributed by atoms with E-state index in [-0.39, 0.29) is 10.3 Å². The molecular formula is C9H12N2OS. The van der Waals surface area contributed by atoms with E-state index in [2.05, 4.69) is 6.07 Å². The fourth-order valence-electron chi connectivity index (χ4n) is 0.912. The van der Waals surface area contributed by atoms with Crippen LogP contribution in [-0.2, 0) is 6.54 Å². The normalized spacial score (nSPS) is 11.2. The Hall–Kier alpha value is -1.08. The number of aryl methyl sites for hydroxylation is 1. The monoisotopic (exact) mass is 196 g/mol. The maximum Gasteiger partial charge on any atom is 0.307 e. The molecule has 1 aromatic heterocycles. The van der Waals surface area contributed by atoms with Gasteiger partial charge in [0, 0.05) is 18.1 Å². The average Bonchev–Trinajstić information content (AvgIpc) is 2.48. The predicted molar refractivity (Wildman–Crippen MR) is 52.6 cm³/mol. The summed E-state index contributed by atoms with van der Waals surface area (Å²) in [6, 6.07) is 2.21. The molecule has 0 amide bonds. The van der Waals surface area contributed by atoms with Crippen molar-refractivity contribution >= 4 is 11.3 Å². The summed E-state index contributed by atoms with van der Waals surface area (Å²) in [7, 11) is 0. The van der Waals surface area contributed by atoms with Crippen LogP contribution in [0.15, 0.2) is 16.4 Å². The molecule has 0 bridgehead atoms. The summed E-state index contributed by atoms with van der Waals surface area (Å²) < 4.78 is 1.64. The number of rotatable bonds is 3. The second kappa shape index (κ2) is 3.75. The van der Waals surface area contributed by atoms with Gasteiger partial charge in [-0.3, -0.25) is 4.79 Å². The lowest BCUT2D eigenvalue weighted by Crippen LogP contribution is -2.17. The van der Waals surface area contributed by atoms with E-state index in [0.717, 1.165) is 0 Å². The number of aromatic nitrogens is 1. The minimum absolute atomic E-state index is 0.0498. The second-order valence-electron chi connectivity index (χ2n) is 3.61. The second-order valence-corrected chi connectivity index (χ2v) is 4.47. The summed E-state index contributed by atoms with van der Waals surface area (Å²) in [6.07, 6.45) is 2.47. The van der Waals surface area contributed by atoms with Gasteiger partial charge in [0.05, 0.1) is 11.5 Å². The number of nitriles is 1. The lowest BCUT2D eigenvalue weighted by atomic mass is 9.91. The van der Waals surface area contributed by atoms with E-state index >= 15 is 0 Å². The van der Waals surface area contributed by atoms with Crippen LogP contribution in [0.1, 0.15) is 20.3 Å². The molecule has 13 heavy (non-hydrogen) atoms. The maximum absolute atomic E-state index is 11.1. The zero-order valence-corrected chi connectivity index (χ0v) is 8.60. The summed E-state index contributed by atoms with van der Waals surface area (Å²) in [5.74, 6) is 0. The fraction of sp³-hybridized carbons (Fsp3) is 0.556. The van der Waals surface area contributed by atoms with Crippen LogP contribution < -0.4 is 4.87 Å². The van der Waals surface area contributed by atoms with Gasteiger partial charge >= 0.3 is 4.87 Å². The van der Waals surface area contributed by atoms with E-state index in [1.807, 2.05) is 13.8 Å². The molecule has 4 heteroatoms. The molecule has 70 valence electrons. The fourth-order valence-corrected chi connectivity index (χ4v) is 1.52. The van der Waals surface area contributed by atoms with Crippen LogP contribution in [0.25, 0.3) is 0 Å². The first-order chi connectivity index (χ1) is 6.05. The molecule has 0 aliphatic rings. The Labute approximate surface area is 81.2 Å². The summed E-state index contributed by atoms with van der Waals surface area (Å²) in [4.78, 5) is 11.2. The van der Waals surface area contributed by atoms with E-state index < -0.39 is 0 Å². The highest BCUT2D eigenvalue weighted by atomic mass is 32.1. The zero-order valence-electron chi connectivity index (χ0n) is 7.78. The number of thiazole rings is 1. The molecule has 0 aromatic carbocycles. The molecule has 0 fully saturated rings. The molecular weight excluding hydrogens is 184 g/mol. The molecule has 3 nitrogen and oxygen atoms in total. The van der Waals surface area contributed by atoms with Crippen LogP contribution in [0.2, 0.25) is 0 Å². The van der Waals surface area contributed by atoms with E-state index in [1.54, 1.807) is 16.1 Å². The van der Waals surface area contributed by atoms with Crippen LogP contribution in [-0.4, -0.2) is 4.57 Å². The molecule has 0 spiro atoms. The molecule has 1 heterocycles. The van der Waals surface area contributed by atoms with Crippen LogP contribution in [0.4, 0.5) is 0 Å². The Morgan fingerprint density at radius 3 is 2.85 bits per heavy atom. The molecule has 0 saturated heterocycles. The third kappa shape index (κ3) is 2.71. The molecule has 0 aliphatic heterocycles. The number of hydrogen-bond donors (Lipinski definition) is 0. The van der Waals surface area contributed by atoms with E-state index in [9.17, 15) is 4.79 Å². The van der Waals surface area contributed by atoms with Crippen molar-refractivity contribution in [2.75, 3.05) is 0 Å². The molecule has 1 aromatic rings. The summed E-state index contributed by atoms with van der Waals surface area (Å²) in [5.41, 5.74) is -0.346. The minimum Gasteiger partial charge on any atom is -0.306 e. The smallest absolute Gasteiger partial charge is 0.306 e. The molecule has 0 unspecified atom stereocenters. The number of hydrogen-bond acceptors (Lipinski definition) is 3. The lowest BCUT2D eigenvalue weighted by molar-refractivity contribution is 0.411. The Morgan fingerprint density at radius 2 is 2.38 bits per heavy atom. The van der Waals surface area contributed by atoms with Gasteiger partial charge in [0.2, 0.25) is 0 Å². The summed E-state index contributed by atoms with van der Waals surface area (Å²) >= 11 is 1.19. The minimum atomic E-state index is -0.346. The molecule has 0 aliphatic carbocycles. The largest absolute Gasteiger partial charge is 0.307 e. The highest BCUT2D eigenvalue weighted by Gasteiger charge is 2.16. The topological polar surface area (TPSA) is 45.8 Å². The van der Waals surface area contributed by atoms with Crippen molar-refractivity contribution in [3.05, 3.63) is 21.2 Å².